The number of carboxylic acid groups (broad SMARTS) is 1. The smallest absolute Gasteiger partial charge is 0.337 e. The lowest BCUT2D eigenvalue weighted by atomic mass is 10.1. The Kier molecular flexibility index (Phi) is 5.60. The number of hydrogen-bond donors (Lipinski definition) is 2. The van der Waals surface area contributed by atoms with Gasteiger partial charge in [0.25, 0.3) is 0 Å². The van der Waals surface area contributed by atoms with E-state index in [1.54, 1.807) is 12.1 Å². The van der Waals surface area contributed by atoms with Crippen molar-refractivity contribution in [2.45, 2.75) is 10.6 Å². The molecule has 6 nitrogen and oxygen atoms in total. The summed E-state index contributed by atoms with van der Waals surface area (Å²) >= 11 is 11.8. The molecule has 0 unspecified atom stereocenters. The van der Waals surface area contributed by atoms with Crippen LogP contribution in [-0.2, 0) is 15.6 Å². The van der Waals surface area contributed by atoms with Crippen molar-refractivity contribution in [2.75, 3.05) is 0 Å². The number of sulfone groups is 1. The zero-order chi connectivity index (χ0) is 20.5. The normalized spacial score (nSPS) is 11.4. The molecule has 0 aliphatic carbocycles. The van der Waals surface area contributed by atoms with Gasteiger partial charge in [-0.15, -0.1) is 0 Å². The minimum absolute atomic E-state index is 0.202. The van der Waals surface area contributed by atoms with E-state index in [0.29, 0.717) is 0 Å². The molecule has 0 spiro atoms. The summed E-state index contributed by atoms with van der Waals surface area (Å²) in [6.07, 6.45) is 1.47. The average molecular weight is 438 g/mol. The number of aromatic hydroxyl groups is 1. The zero-order valence-corrected chi connectivity index (χ0v) is 16.5. The third-order valence-electron chi connectivity index (χ3n) is 3.95. The number of carboxylic acids is 1. The van der Waals surface area contributed by atoms with Crippen molar-refractivity contribution in [3.05, 3.63) is 76.0 Å². The van der Waals surface area contributed by atoms with Crippen molar-refractivity contribution >= 4 is 39.0 Å². The maximum atomic E-state index is 12.9. The molecule has 0 aliphatic rings. The summed E-state index contributed by atoms with van der Waals surface area (Å²) < 4.78 is 25.8. The summed E-state index contributed by atoms with van der Waals surface area (Å²) in [4.78, 5) is 14.6. The summed E-state index contributed by atoms with van der Waals surface area (Å²) in [6, 6.07) is 13.5. The Bertz CT molecular complexity index is 1160. The Labute approximate surface area is 170 Å². The van der Waals surface area contributed by atoms with E-state index < -0.39 is 47.8 Å². The van der Waals surface area contributed by atoms with Gasteiger partial charge in [-0.05, 0) is 29.3 Å². The van der Waals surface area contributed by atoms with Crippen LogP contribution in [0.15, 0.2) is 59.6 Å². The lowest BCUT2D eigenvalue weighted by Crippen LogP contribution is -2.10. The number of phenolic OH excluding ortho intramolecular Hbond substituents is 1. The van der Waals surface area contributed by atoms with Gasteiger partial charge in [0.2, 0.25) is 0 Å². The van der Waals surface area contributed by atoms with Crippen molar-refractivity contribution in [1.82, 2.24) is 4.98 Å². The van der Waals surface area contributed by atoms with Crippen molar-refractivity contribution < 1.29 is 23.4 Å². The molecule has 0 saturated heterocycles. The van der Waals surface area contributed by atoms with Gasteiger partial charge in [0.05, 0.1) is 27.1 Å². The van der Waals surface area contributed by atoms with Crippen LogP contribution in [0.4, 0.5) is 0 Å². The summed E-state index contributed by atoms with van der Waals surface area (Å²) in [5.41, 5.74) is 1.32. The van der Waals surface area contributed by atoms with Crippen molar-refractivity contribution in [3.8, 4) is 16.9 Å². The summed E-state index contributed by atoms with van der Waals surface area (Å²) in [5, 5.41) is 18.3. The van der Waals surface area contributed by atoms with Crippen LogP contribution in [0, 0.1) is 0 Å². The van der Waals surface area contributed by atoms with E-state index in [1.165, 1.54) is 6.20 Å². The number of benzene rings is 2. The highest BCUT2D eigenvalue weighted by Crippen LogP contribution is 2.40. The topological polar surface area (TPSA) is 105 Å². The van der Waals surface area contributed by atoms with Crippen LogP contribution < -0.4 is 0 Å². The molecular formula is C19H13Cl2NO5S. The van der Waals surface area contributed by atoms with E-state index in [4.69, 9.17) is 23.2 Å². The fourth-order valence-electron chi connectivity index (χ4n) is 2.67. The van der Waals surface area contributed by atoms with E-state index in [9.17, 15) is 23.4 Å². The van der Waals surface area contributed by atoms with Gasteiger partial charge in [-0.3, -0.25) is 4.98 Å². The Morgan fingerprint density at radius 2 is 1.71 bits per heavy atom. The third-order valence-corrected chi connectivity index (χ3v) is 6.44. The highest BCUT2D eigenvalue weighted by atomic mass is 35.5. The molecule has 0 bridgehead atoms. The lowest BCUT2D eigenvalue weighted by Gasteiger charge is -2.12. The second-order valence-electron chi connectivity index (χ2n) is 5.86. The van der Waals surface area contributed by atoms with Crippen molar-refractivity contribution in [2.24, 2.45) is 0 Å². The first-order valence-corrected chi connectivity index (χ1v) is 10.3. The second kappa shape index (κ2) is 7.79. The predicted molar refractivity (Wildman–Crippen MR) is 106 cm³/mol. The van der Waals surface area contributed by atoms with E-state index in [2.05, 4.69) is 4.98 Å². The number of aromatic carboxylic acids is 1. The molecule has 3 rings (SSSR count). The number of nitrogens with zero attached hydrogens (tertiary/aromatic N) is 1. The highest BCUT2D eigenvalue weighted by Gasteiger charge is 2.29. The molecule has 3 aromatic rings. The van der Waals surface area contributed by atoms with Crippen molar-refractivity contribution in [3.63, 3.8) is 0 Å². The number of carbonyl (C=O) groups is 1. The number of hydrogen-bond acceptors (Lipinski definition) is 5. The maximum Gasteiger partial charge on any atom is 0.337 e. The largest absolute Gasteiger partial charge is 0.505 e. The zero-order valence-electron chi connectivity index (χ0n) is 14.1. The number of rotatable bonds is 5. The van der Waals surface area contributed by atoms with Crippen LogP contribution in [-0.4, -0.2) is 29.6 Å². The molecule has 0 aliphatic heterocycles. The molecule has 0 fully saturated rings. The van der Waals surface area contributed by atoms with Crippen LogP contribution >= 0.6 is 23.2 Å². The molecule has 0 radical (unpaired) electrons. The second-order valence-corrected chi connectivity index (χ2v) is 8.58. The minimum atomic E-state index is -4.24. The molecule has 9 heteroatoms. The Balaban J connectivity index is 2.06. The first-order valence-electron chi connectivity index (χ1n) is 7.88. The van der Waals surface area contributed by atoms with Crippen LogP contribution in [0.1, 0.15) is 16.1 Å². The van der Waals surface area contributed by atoms with Gasteiger partial charge >= 0.3 is 5.97 Å². The van der Waals surface area contributed by atoms with Crippen LogP contribution in [0.2, 0.25) is 10.0 Å². The van der Waals surface area contributed by atoms with E-state index in [0.717, 1.165) is 17.2 Å². The average Bonchev–Trinajstić information content (AvgIpc) is 2.65. The first kappa shape index (κ1) is 20.1. The molecule has 0 atom stereocenters. The molecule has 28 heavy (non-hydrogen) atoms. The molecular weight excluding hydrogens is 425 g/mol. The molecule has 2 aromatic carbocycles. The molecule has 144 valence electrons. The standard InChI is InChI=1S/C19H13Cl2NO5S/c20-15-9-14(19(24)25)16(21)18(17(15)23)28(26,27)10-13-8-12(6-7-22-13)11-4-2-1-3-5-11/h1-9,23H,10H2,(H,24,25). The number of aromatic nitrogens is 1. The summed E-state index contributed by atoms with van der Waals surface area (Å²) in [5.74, 6) is -2.86. The fourth-order valence-corrected chi connectivity index (χ4v) is 4.98. The molecule has 1 heterocycles. The predicted octanol–water partition coefficient (Wildman–Crippen LogP) is 4.43. The summed E-state index contributed by atoms with van der Waals surface area (Å²) in [7, 11) is -4.24. The van der Waals surface area contributed by atoms with Crippen LogP contribution in [0.3, 0.4) is 0 Å². The number of pyridine rings is 1. The number of phenols is 1. The quantitative estimate of drug-likeness (QED) is 0.611. The molecule has 0 amide bonds. The minimum Gasteiger partial charge on any atom is -0.505 e. The molecule has 0 saturated carbocycles. The Morgan fingerprint density at radius 3 is 2.36 bits per heavy atom. The maximum absolute atomic E-state index is 12.9. The van der Waals surface area contributed by atoms with Gasteiger partial charge in [-0.2, -0.15) is 0 Å². The van der Waals surface area contributed by atoms with Crippen LogP contribution in [0.5, 0.6) is 5.75 Å². The number of halogens is 2. The summed E-state index contributed by atoms with van der Waals surface area (Å²) in [6.45, 7) is 0. The first-order chi connectivity index (χ1) is 13.2. The van der Waals surface area contributed by atoms with Gasteiger partial charge < -0.3 is 10.2 Å². The van der Waals surface area contributed by atoms with E-state index >= 15 is 0 Å². The lowest BCUT2D eigenvalue weighted by molar-refractivity contribution is 0.0697. The van der Waals surface area contributed by atoms with Crippen molar-refractivity contribution in [1.29, 1.82) is 0 Å². The van der Waals surface area contributed by atoms with E-state index in [1.807, 2.05) is 30.3 Å². The SMILES string of the molecule is O=C(O)c1cc(Cl)c(O)c(S(=O)(=O)Cc2cc(-c3ccccc3)ccn2)c1Cl. The third kappa shape index (κ3) is 3.96. The Hall–Kier alpha value is -2.61. The van der Waals surface area contributed by atoms with Gasteiger partial charge in [-0.25, -0.2) is 13.2 Å². The molecule has 2 N–H and O–H groups in total. The van der Waals surface area contributed by atoms with Gasteiger partial charge in [0, 0.05) is 6.20 Å². The van der Waals surface area contributed by atoms with Gasteiger partial charge in [0.15, 0.2) is 15.6 Å². The molecule has 1 aromatic heterocycles. The monoisotopic (exact) mass is 437 g/mol. The van der Waals surface area contributed by atoms with Gasteiger partial charge in [-0.1, -0.05) is 53.5 Å². The fraction of sp³-hybridized carbons (Fsp3) is 0.0526. The van der Waals surface area contributed by atoms with Crippen LogP contribution in [0.25, 0.3) is 11.1 Å². The van der Waals surface area contributed by atoms with Gasteiger partial charge in [0.1, 0.15) is 4.90 Å². The Morgan fingerprint density at radius 1 is 1.04 bits per heavy atom. The van der Waals surface area contributed by atoms with E-state index in [-0.39, 0.29) is 5.69 Å². The highest BCUT2D eigenvalue weighted by molar-refractivity contribution is 7.90.